The van der Waals surface area contributed by atoms with E-state index in [9.17, 15) is 4.79 Å². The molecule has 0 radical (unpaired) electrons. The molecular weight excluding hydrogens is 278 g/mol. The molecule has 0 saturated carbocycles. The van der Waals surface area contributed by atoms with Gasteiger partial charge in [0.15, 0.2) is 5.78 Å². The van der Waals surface area contributed by atoms with Crippen LogP contribution >= 0.6 is 0 Å². The van der Waals surface area contributed by atoms with Gasteiger partial charge in [-0.1, -0.05) is 27.7 Å². The lowest BCUT2D eigenvalue weighted by molar-refractivity contribution is 0.0999. The second kappa shape index (κ2) is 5.41. The molecule has 0 saturated heterocycles. The summed E-state index contributed by atoms with van der Waals surface area (Å²) in [5.41, 5.74) is 2.44. The third-order valence-corrected chi connectivity index (χ3v) is 8.86. The van der Waals surface area contributed by atoms with Gasteiger partial charge in [0.05, 0.1) is 5.69 Å². The zero-order valence-corrected chi connectivity index (χ0v) is 14.9. The molecule has 114 valence electrons. The van der Waals surface area contributed by atoms with Crippen LogP contribution in [0.1, 0.15) is 50.9 Å². The van der Waals surface area contributed by atoms with Crippen LogP contribution in [0.3, 0.4) is 0 Å². The van der Waals surface area contributed by atoms with E-state index in [1.165, 1.54) is 0 Å². The number of benzene rings is 1. The molecule has 1 aromatic rings. The van der Waals surface area contributed by atoms with Gasteiger partial charge in [0.2, 0.25) is 8.32 Å². The molecule has 21 heavy (non-hydrogen) atoms. The molecule has 0 fully saturated rings. The third kappa shape index (κ3) is 3.26. The average molecular weight is 303 g/mol. The summed E-state index contributed by atoms with van der Waals surface area (Å²) >= 11 is 0. The topological polar surface area (TPSA) is 38.7 Å². The Morgan fingerprint density at radius 1 is 1.29 bits per heavy atom. The Labute approximate surface area is 128 Å². The summed E-state index contributed by atoms with van der Waals surface area (Å²) in [7, 11) is -1.88. The van der Waals surface area contributed by atoms with Gasteiger partial charge in [-0.05, 0) is 42.8 Å². The Morgan fingerprint density at radius 2 is 1.95 bits per heavy atom. The number of carbonyl (C=O) groups excluding carboxylic acids is 1. The second-order valence-corrected chi connectivity index (χ2v) is 11.9. The highest BCUT2D eigenvalue weighted by Crippen LogP contribution is 2.38. The summed E-state index contributed by atoms with van der Waals surface area (Å²) in [6.07, 6.45) is 1.26. The lowest BCUT2D eigenvalue weighted by atomic mass is 9.99. The molecule has 1 aliphatic rings. The van der Waals surface area contributed by atoms with Crippen molar-refractivity contribution in [2.75, 3.05) is 0 Å². The average Bonchev–Trinajstić information content (AvgIpc) is 2.37. The van der Waals surface area contributed by atoms with Gasteiger partial charge in [0.25, 0.3) is 0 Å². The summed E-state index contributed by atoms with van der Waals surface area (Å²) in [6.45, 7) is 13.1. The molecular formula is C17H25NO2Si. The summed E-state index contributed by atoms with van der Waals surface area (Å²) in [5, 5.41) is 0.139. The fourth-order valence-corrected chi connectivity index (χ4v) is 3.06. The Morgan fingerprint density at radius 3 is 2.52 bits per heavy atom. The fourth-order valence-electron chi connectivity index (χ4n) is 2.04. The Kier molecular flexibility index (Phi) is 4.11. The van der Waals surface area contributed by atoms with E-state index in [0.717, 1.165) is 23.6 Å². The van der Waals surface area contributed by atoms with E-state index < -0.39 is 8.32 Å². The van der Waals surface area contributed by atoms with E-state index in [-0.39, 0.29) is 10.8 Å². The van der Waals surface area contributed by atoms with E-state index in [2.05, 4.69) is 38.9 Å². The molecule has 0 aromatic heterocycles. The standard InChI is InChI=1S/C17H25NO2Si/c1-7-12-10-16(19)14-11-13(8-9-15(14)18-12)20-21(5,6)17(2,3)4/h8-9,11H,7,10H2,1-6H3. The summed E-state index contributed by atoms with van der Waals surface area (Å²) in [6, 6.07) is 5.72. The fraction of sp³-hybridized carbons (Fsp3) is 0.529. The number of hydrogen-bond donors (Lipinski definition) is 0. The van der Waals surface area contributed by atoms with Crippen molar-refractivity contribution in [2.24, 2.45) is 4.99 Å². The van der Waals surface area contributed by atoms with Crippen molar-refractivity contribution in [3.63, 3.8) is 0 Å². The first kappa shape index (κ1) is 16.0. The summed E-state index contributed by atoms with van der Waals surface area (Å²) in [4.78, 5) is 16.8. The predicted octanol–water partition coefficient (Wildman–Crippen LogP) is 5.14. The predicted molar refractivity (Wildman–Crippen MR) is 90.6 cm³/mol. The number of nitrogens with zero attached hydrogens (tertiary/aromatic N) is 1. The Hall–Kier alpha value is -1.42. The molecule has 0 N–H and O–H groups in total. The van der Waals surface area contributed by atoms with Crippen molar-refractivity contribution < 1.29 is 9.22 Å². The second-order valence-electron chi connectivity index (χ2n) is 7.17. The van der Waals surface area contributed by atoms with Gasteiger partial charge in [-0.15, -0.1) is 0 Å². The first-order valence-corrected chi connectivity index (χ1v) is 10.5. The molecule has 0 amide bonds. The number of fused-ring (bicyclic) bond motifs is 1. The minimum absolute atomic E-state index is 0.139. The maximum atomic E-state index is 12.2. The number of aliphatic imine (C=N–C) groups is 1. The van der Waals surface area contributed by atoms with Crippen LogP contribution in [0.25, 0.3) is 0 Å². The van der Waals surface area contributed by atoms with Crippen LogP contribution in [0.2, 0.25) is 18.1 Å². The zero-order valence-electron chi connectivity index (χ0n) is 13.9. The van der Waals surface area contributed by atoms with Crippen molar-refractivity contribution in [3.05, 3.63) is 23.8 Å². The van der Waals surface area contributed by atoms with Gasteiger partial charge in [-0.3, -0.25) is 9.79 Å². The van der Waals surface area contributed by atoms with Crippen LogP contribution in [0.15, 0.2) is 23.2 Å². The van der Waals surface area contributed by atoms with Gasteiger partial charge < -0.3 is 4.43 Å². The van der Waals surface area contributed by atoms with E-state index in [4.69, 9.17) is 4.43 Å². The molecule has 0 unspecified atom stereocenters. The molecule has 1 heterocycles. The maximum Gasteiger partial charge on any atom is 0.250 e. The first-order chi connectivity index (χ1) is 9.64. The van der Waals surface area contributed by atoms with E-state index in [1.54, 1.807) is 0 Å². The highest BCUT2D eigenvalue weighted by atomic mass is 28.4. The lowest BCUT2D eigenvalue weighted by Crippen LogP contribution is -2.43. The molecule has 1 aromatic carbocycles. The monoisotopic (exact) mass is 303 g/mol. The summed E-state index contributed by atoms with van der Waals surface area (Å²) < 4.78 is 6.27. The number of ketones is 1. The lowest BCUT2D eigenvalue weighted by Gasteiger charge is -2.36. The van der Waals surface area contributed by atoms with Crippen molar-refractivity contribution >= 4 is 25.5 Å². The van der Waals surface area contributed by atoms with Crippen LogP contribution in [0.4, 0.5) is 5.69 Å². The molecule has 2 rings (SSSR count). The molecule has 4 heteroatoms. The van der Waals surface area contributed by atoms with Crippen LogP contribution in [-0.4, -0.2) is 19.8 Å². The van der Waals surface area contributed by atoms with E-state index in [0.29, 0.717) is 12.0 Å². The molecule has 1 aliphatic heterocycles. The highest BCUT2D eigenvalue weighted by molar-refractivity contribution is 6.74. The van der Waals surface area contributed by atoms with Crippen molar-refractivity contribution in [1.29, 1.82) is 0 Å². The van der Waals surface area contributed by atoms with Gasteiger partial charge in [0, 0.05) is 17.7 Å². The van der Waals surface area contributed by atoms with Crippen molar-refractivity contribution in [1.82, 2.24) is 0 Å². The van der Waals surface area contributed by atoms with Gasteiger partial charge in [-0.2, -0.15) is 0 Å². The Balaban J connectivity index is 2.33. The van der Waals surface area contributed by atoms with E-state index >= 15 is 0 Å². The van der Waals surface area contributed by atoms with Crippen molar-refractivity contribution in [3.8, 4) is 5.75 Å². The van der Waals surface area contributed by atoms with Crippen LogP contribution in [0.5, 0.6) is 5.75 Å². The molecule has 0 aliphatic carbocycles. The number of Topliss-reactive ketones (excluding diaryl/α,β-unsaturated/α-hetero) is 1. The minimum atomic E-state index is -1.88. The molecule has 0 atom stereocenters. The van der Waals surface area contributed by atoms with Gasteiger partial charge >= 0.3 is 0 Å². The third-order valence-electron chi connectivity index (χ3n) is 4.50. The smallest absolute Gasteiger partial charge is 0.250 e. The maximum absolute atomic E-state index is 12.2. The largest absolute Gasteiger partial charge is 0.543 e. The SMILES string of the molecule is CCC1=Nc2ccc(O[Si](C)(C)C(C)(C)C)cc2C(=O)C1. The normalized spacial score (nSPS) is 15.5. The minimum Gasteiger partial charge on any atom is -0.543 e. The number of hydrogen-bond acceptors (Lipinski definition) is 3. The summed E-state index contributed by atoms with van der Waals surface area (Å²) in [5.74, 6) is 0.946. The Bertz CT molecular complexity index is 597. The van der Waals surface area contributed by atoms with Crippen molar-refractivity contribution in [2.45, 2.75) is 58.7 Å². The van der Waals surface area contributed by atoms with Crippen LogP contribution in [-0.2, 0) is 0 Å². The van der Waals surface area contributed by atoms with Gasteiger partial charge in [-0.25, -0.2) is 0 Å². The number of rotatable bonds is 3. The zero-order chi connectivity index (χ0) is 15.8. The molecule has 0 bridgehead atoms. The van der Waals surface area contributed by atoms with Crippen LogP contribution < -0.4 is 4.43 Å². The molecule has 3 nitrogen and oxygen atoms in total. The van der Waals surface area contributed by atoms with Gasteiger partial charge in [0.1, 0.15) is 5.75 Å². The quantitative estimate of drug-likeness (QED) is 0.725. The first-order valence-electron chi connectivity index (χ1n) is 7.57. The molecule has 0 spiro atoms. The number of carbonyl (C=O) groups is 1. The van der Waals surface area contributed by atoms with E-state index in [1.807, 2.05) is 25.1 Å². The highest BCUT2D eigenvalue weighted by Gasteiger charge is 2.39. The van der Waals surface area contributed by atoms with Crippen LogP contribution in [0, 0.1) is 0 Å².